The van der Waals surface area contributed by atoms with Gasteiger partial charge in [0.2, 0.25) is 5.88 Å². The van der Waals surface area contributed by atoms with E-state index in [4.69, 9.17) is 4.74 Å². The Hall–Kier alpha value is -4.43. The molecule has 18 heteroatoms. The normalized spacial score (nSPS) is 12.1. The van der Waals surface area contributed by atoms with Gasteiger partial charge in [-0.15, -0.1) is 13.2 Å². The highest BCUT2D eigenvalue weighted by Gasteiger charge is 2.32. The van der Waals surface area contributed by atoms with E-state index in [0.29, 0.717) is 22.0 Å². The van der Waals surface area contributed by atoms with E-state index in [9.17, 15) is 33.0 Å². The molecule has 2 aromatic carbocycles. The van der Waals surface area contributed by atoms with Gasteiger partial charge in [0.1, 0.15) is 16.9 Å². The summed E-state index contributed by atoms with van der Waals surface area (Å²) >= 11 is 0. The van der Waals surface area contributed by atoms with Crippen molar-refractivity contribution < 1.29 is 42.4 Å². The molecular weight excluding hydrogens is 555 g/mol. The van der Waals surface area contributed by atoms with E-state index in [1.807, 2.05) is 0 Å². The van der Waals surface area contributed by atoms with Crippen molar-refractivity contribution >= 4 is 54.1 Å². The van der Waals surface area contributed by atoms with Gasteiger partial charge >= 0.3 is 6.36 Å². The number of benzene rings is 2. The summed E-state index contributed by atoms with van der Waals surface area (Å²) in [6.07, 6.45) is -3.51. The number of carbonyl (C=O) groups is 2. The first-order valence-electron chi connectivity index (χ1n) is 12.6. The van der Waals surface area contributed by atoms with Crippen LogP contribution in [0.5, 0.6) is 11.6 Å². The van der Waals surface area contributed by atoms with Crippen LogP contribution in [0.4, 0.5) is 13.2 Å². The second-order valence-corrected chi connectivity index (χ2v) is 10.3. The second kappa shape index (κ2) is 11.4. The lowest BCUT2D eigenvalue weighted by Gasteiger charge is -2.22. The zero-order chi connectivity index (χ0) is 30.9. The number of aromatic nitrogens is 3. The molecule has 11 nitrogen and oxygen atoms in total. The molecule has 0 unspecified atom stereocenters. The fourth-order valence-electron chi connectivity index (χ4n) is 3.94. The van der Waals surface area contributed by atoms with E-state index in [1.165, 1.54) is 61.8 Å². The van der Waals surface area contributed by atoms with Gasteiger partial charge in [-0.3, -0.25) is 14.7 Å². The molecular formula is C24H24B4F3N5O6. The topological polar surface area (TPSA) is 159 Å². The van der Waals surface area contributed by atoms with Crippen LogP contribution in [0.2, 0.25) is 0 Å². The van der Waals surface area contributed by atoms with Crippen molar-refractivity contribution in [3.8, 4) is 22.8 Å². The Labute approximate surface area is 240 Å². The molecule has 0 atom stereocenters. The molecule has 214 valence electrons. The summed E-state index contributed by atoms with van der Waals surface area (Å²) in [5.41, 5.74) is -1.61. The summed E-state index contributed by atoms with van der Waals surface area (Å²) < 4.78 is 47.9. The Balaban J connectivity index is 1.64. The van der Waals surface area contributed by atoms with Crippen molar-refractivity contribution in [2.75, 3.05) is 0 Å². The molecule has 4 rings (SSSR count). The Kier molecular flexibility index (Phi) is 8.32. The van der Waals surface area contributed by atoms with E-state index in [2.05, 4.69) is 30.6 Å². The zero-order valence-corrected chi connectivity index (χ0v) is 23.0. The first-order valence-corrected chi connectivity index (χ1v) is 12.6. The lowest BCUT2D eigenvalue weighted by molar-refractivity contribution is -0.274. The molecule has 2 amide bonds. The SMILES string of the molecule is BC(B)(O)NC(=O)c1n[nH]c2cc(-c3cnc(OC(B)(B)O)c(C(=O)NCc4ccccc4OC(F)(F)F)c3)ccc12. The third-order valence-corrected chi connectivity index (χ3v) is 5.61. The molecule has 0 aliphatic heterocycles. The Morgan fingerprint density at radius 2 is 1.67 bits per heavy atom. The van der Waals surface area contributed by atoms with Gasteiger partial charge in [0.05, 0.1) is 11.0 Å². The second-order valence-electron chi connectivity index (χ2n) is 10.3. The number of fused-ring (bicyclic) bond motifs is 1. The maximum atomic E-state index is 13.3. The van der Waals surface area contributed by atoms with E-state index in [-0.39, 0.29) is 29.2 Å². The maximum absolute atomic E-state index is 13.3. The number of nitrogens with one attached hydrogen (secondary N) is 3. The Morgan fingerprint density at radius 3 is 2.33 bits per heavy atom. The molecule has 0 fully saturated rings. The number of aromatic amines is 1. The highest BCUT2D eigenvalue weighted by Crippen LogP contribution is 2.30. The number of halogens is 3. The molecule has 0 saturated carbocycles. The van der Waals surface area contributed by atoms with E-state index in [1.54, 1.807) is 18.2 Å². The summed E-state index contributed by atoms with van der Waals surface area (Å²) in [7, 11) is 5.51. The van der Waals surface area contributed by atoms with Crippen LogP contribution in [0.25, 0.3) is 22.0 Å². The van der Waals surface area contributed by atoms with Gasteiger partial charge < -0.3 is 30.3 Å². The van der Waals surface area contributed by atoms with Crippen molar-refractivity contribution in [2.24, 2.45) is 0 Å². The fourth-order valence-corrected chi connectivity index (χ4v) is 3.94. The van der Waals surface area contributed by atoms with Crippen molar-refractivity contribution in [1.82, 2.24) is 25.8 Å². The van der Waals surface area contributed by atoms with Gasteiger partial charge in [0, 0.05) is 29.3 Å². The van der Waals surface area contributed by atoms with Crippen LogP contribution in [0.15, 0.2) is 54.7 Å². The zero-order valence-electron chi connectivity index (χ0n) is 23.0. The van der Waals surface area contributed by atoms with E-state index >= 15 is 0 Å². The highest BCUT2D eigenvalue weighted by molar-refractivity contribution is 6.39. The van der Waals surface area contributed by atoms with E-state index < -0.39 is 35.0 Å². The molecule has 4 aromatic rings. The van der Waals surface area contributed by atoms with Crippen molar-refractivity contribution in [2.45, 2.75) is 24.0 Å². The van der Waals surface area contributed by atoms with Crippen LogP contribution in [0.1, 0.15) is 26.4 Å². The van der Waals surface area contributed by atoms with Crippen LogP contribution >= 0.6 is 0 Å². The van der Waals surface area contributed by atoms with Crippen LogP contribution < -0.4 is 20.1 Å². The predicted octanol–water partition coefficient (Wildman–Crippen LogP) is -1.70. The standard InChI is InChI=1S/C24H24B4F3N5O6/c25-22(26,39)34-20(38)18-14-6-5-11(8-16(14)35-36-18)13-7-15(21(33-10-13)42-23(27,28)40)19(37)32-9-12-3-1-2-4-17(12)41-24(29,30)31/h1-8,10,39-40H,9,25-28H2,(H,32,37)(H,34,38)(H,35,36). The number of amides is 2. The van der Waals surface area contributed by atoms with Crippen LogP contribution in [-0.4, -0.2) is 86.1 Å². The molecule has 42 heavy (non-hydrogen) atoms. The summed E-state index contributed by atoms with van der Waals surface area (Å²) in [6.45, 7) is -0.313. The smallest absolute Gasteiger partial charge is 0.463 e. The van der Waals surface area contributed by atoms with Crippen molar-refractivity contribution in [3.63, 3.8) is 0 Å². The number of H-pyrrole nitrogens is 1. The largest absolute Gasteiger partial charge is 0.573 e. The minimum absolute atomic E-state index is 0.0700. The third kappa shape index (κ3) is 7.85. The summed E-state index contributed by atoms with van der Waals surface area (Å²) in [5, 5.41) is 32.3. The number of carbonyl (C=O) groups excluding carboxylic acids is 2. The molecule has 0 aliphatic carbocycles. The number of rotatable bonds is 9. The molecule has 0 radical (unpaired) electrons. The fraction of sp³-hybridized carbons (Fsp3) is 0.167. The first-order chi connectivity index (χ1) is 19.5. The number of pyridine rings is 1. The van der Waals surface area contributed by atoms with Crippen LogP contribution in [-0.2, 0) is 6.54 Å². The molecule has 0 saturated heterocycles. The molecule has 5 N–H and O–H groups in total. The molecule has 2 aromatic heterocycles. The summed E-state index contributed by atoms with van der Waals surface area (Å²) in [4.78, 5) is 30.0. The minimum Gasteiger partial charge on any atom is -0.463 e. The van der Waals surface area contributed by atoms with Crippen LogP contribution in [0.3, 0.4) is 0 Å². The predicted molar refractivity (Wildman–Crippen MR) is 156 cm³/mol. The summed E-state index contributed by atoms with van der Waals surface area (Å²) in [6, 6.07) is 11.8. The van der Waals surface area contributed by atoms with Crippen molar-refractivity contribution in [3.05, 3.63) is 71.5 Å². The first kappa shape index (κ1) is 30.5. The highest BCUT2D eigenvalue weighted by atomic mass is 19.4. The lowest BCUT2D eigenvalue weighted by Crippen LogP contribution is -2.49. The summed E-state index contributed by atoms with van der Waals surface area (Å²) in [5.74, 6) is -2.00. The van der Waals surface area contributed by atoms with E-state index in [0.717, 1.165) is 6.07 Å². The number of hydrogen-bond donors (Lipinski definition) is 5. The quantitative estimate of drug-likeness (QED) is 0.116. The van der Waals surface area contributed by atoms with Crippen molar-refractivity contribution in [1.29, 1.82) is 0 Å². The molecule has 2 heterocycles. The van der Waals surface area contributed by atoms with Crippen LogP contribution in [0, 0.1) is 0 Å². The monoisotopic (exact) mass is 579 g/mol. The lowest BCUT2D eigenvalue weighted by atomic mass is 9.73. The minimum atomic E-state index is -4.91. The average molecular weight is 579 g/mol. The number of alkyl halides is 3. The maximum Gasteiger partial charge on any atom is 0.573 e. The van der Waals surface area contributed by atoms with Gasteiger partial charge in [-0.1, -0.05) is 24.3 Å². The van der Waals surface area contributed by atoms with Gasteiger partial charge in [-0.2, -0.15) is 5.10 Å². The molecule has 0 spiro atoms. The number of ether oxygens (including phenoxy) is 2. The third-order valence-electron chi connectivity index (χ3n) is 5.61. The Morgan fingerprint density at radius 1 is 0.952 bits per heavy atom. The average Bonchev–Trinajstić information content (AvgIpc) is 3.29. The number of para-hydroxylation sites is 1. The number of aliphatic hydroxyl groups is 2. The molecule has 0 bridgehead atoms. The molecule has 0 aliphatic rings. The van der Waals surface area contributed by atoms with Gasteiger partial charge in [-0.25, -0.2) is 4.98 Å². The van der Waals surface area contributed by atoms with Gasteiger partial charge in [0.25, 0.3) is 11.8 Å². The number of nitrogens with zero attached hydrogens (tertiary/aromatic N) is 2. The number of hydrogen-bond acceptors (Lipinski definition) is 8. The van der Waals surface area contributed by atoms with Gasteiger partial charge in [0.15, 0.2) is 37.1 Å². The Bertz CT molecular complexity index is 1640. The van der Waals surface area contributed by atoms with Gasteiger partial charge in [-0.05, 0) is 29.8 Å².